The molecule has 5 rings (SSSR count). The summed E-state index contributed by atoms with van der Waals surface area (Å²) in [6.07, 6.45) is 1.70. The molecule has 0 saturated carbocycles. The van der Waals surface area contributed by atoms with Crippen LogP contribution in [0.15, 0.2) is 85.1 Å². The summed E-state index contributed by atoms with van der Waals surface area (Å²) in [4.78, 5) is 30.9. The SMILES string of the molecule is O=[N+]([O-])c1cccc(-c2cc(-c3cccc([N+](=O)[O-])c3)c3c(ccc4ncccc43)n2)c1. The van der Waals surface area contributed by atoms with Gasteiger partial charge in [-0.3, -0.25) is 25.2 Å². The van der Waals surface area contributed by atoms with Crippen molar-refractivity contribution in [3.8, 4) is 22.4 Å². The fourth-order valence-corrected chi connectivity index (χ4v) is 3.83. The van der Waals surface area contributed by atoms with E-state index in [0.717, 1.165) is 21.9 Å². The zero-order valence-electron chi connectivity index (χ0n) is 16.5. The molecule has 0 N–H and O–H groups in total. The van der Waals surface area contributed by atoms with E-state index in [1.807, 2.05) is 30.3 Å². The lowest BCUT2D eigenvalue weighted by molar-refractivity contribution is -0.385. The predicted octanol–water partition coefficient (Wildman–Crippen LogP) is 5.93. The Bertz CT molecular complexity index is 1550. The van der Waals surface area contributed by atoms with Crippen molar-refractivity contribution in [1.82, 2.24) is 9.97 Å². The van der Waals surface area contributed by atoms with E-state index in [4.69, 9.17) is 4.98 Å². The molecule has 0 unspecified atom stereocenters. The van der Waals surface area contributed by atoms with Crippen molar-refractivity contribution in [3.63, 3.8) is 0 Å². The number of hydrogen-bond donors (Lipinski definition) is 0. The van der Waals surface area contributed by atoms with E-state index in [9.17, 15) is 20.2 Å². The Hall–Kier alpha value is -4.72. The van der Waals surface area contributed by atoms with E-state index in [1.165, 1.54) is 24.3 Å². The molecule has 0 atom stereocenters. The van der Waals surface area contributed by atoms with Gasteiger partial charge in [-0.2, -0.15) is 0 Å². The first-order chi connectivity index (χ1) is 15.5. The summed E-state index contributed by atoms with van der Waals surface area (Å²) in [6, 6.07) is 21.9. The largest absolute Gasteiger partial charge is 0.270 e. The van der Waals surface area contributed by atoms with Gasteiger partial charge in [-0.1, -0.05) is 30.3 Å². The van der Waals surface area contributed by atoms with E-state index in [0.29, 0.717) is 22.3 Å². The van der Waals surface area contributed by atoms with Crippen LogP contribution in [0.3, 0.4) is 0 Å². The summed E-state index contributed by atoms with van der Waals surface area (Å²) in [5.41, 5.74) is 3.87. The van der Waals surface area contributed by atoms with Crippen molar-refractivity contribution in [2.45, 2.75) is 0 Å². The standard InChI is InChI=1S/C24H14N4O4/c29-27(30)17-6-1-4-15(12-17)20-14-23(16-5-2-7-18(13-16)28(31)32)26-22-10-9-21-19(24(20)22)8-3-11-25-21/h1-14H. The van der Waals surface area contributed by atoms with Gasteiger partial charge in [0.05, 0.1) is 26.6 Å². The third kappa shape index (κ3) is 3.29. The second-order valence-electron chi connectivity index (χ2n) is 7.20. The number of hydrogen-bond acceptors (Lipinski definition) is 6. The smallest absolute Gasteiger partial charge is 0.258 e. The summed E-state index contributed by atoms with van der Waals surface area (Å²) in [5, 5.41) is 24.3. The van der Waals surface area contributed by atoms with Gasteiger partial charge >= 0.3 is 0 Å². The maximum atomic E-state index is 11.4. The highest BCUT2D eigenvalue weighted by molar-refractivity contribution is 6.13. The third-order valence-electron chi connectivity index (χ3n) is 5.28. The monoisotopic (exact) mass is 422 g/mol. The number of nitro benzene ring substituents is 2. The van der Waals surface area contributed by atoms with Crippen LogP contribution in [0.2, 0.25) is 0 Å². The zero-order valence-corrected chi connectivity index (χ0v) is 16.5. The molecule has 0 radical (unpaired) electrons. The number of rotatable bonds is 4. The molecule has 0 bridgehead atoms. The molecule has 0 saturated heterocycles. The molecule has 2 heterocycles. The highest BCUT2D eigenvalue weighted by Gasteiger charge is 2.16. The molecule has 5 aromatic rings. The lowest BCUT2D eigenvalue weighted by atomic mass is 9.95. The molecule has 154 valence electrons. The Morgan fingerprint density at radius 2 is 1.34 bits per heavy atom. The molecule has 0 fully saturated rings. The van der Waals surface area contributed by atoms with Gasteiger partial charge in [-0.25, -0.2) is 4.98 Å². The fourth-order valence-electron chi connectivity index (χ4n) is 3.83. The fraction of sp³-hybridized carbons (Fsp3) is 0. The van der Waals surface area contributed by atoms with Crippen LogP contribution < -0.4 is 0 Å². The number of nitro groups is 2. The summed E-state index contributed by atoms with van der Waals surface area (Å²) in [6.45, 7) is 0. The van der Waals surface area contributed by atoms with Crippen LogP contribution in [-0.4, -0.2) is 19.8 Å². The molecule has 32 heavy (non-hydrogen) atoms. The minimum atomic E-state index is -0.453. The highest BCUT2D eigenvalue weighted by Crippen LogP contribution is 2.37. The molecule has 3 aromatic carbocycles. The van der Waals surface area contributed by atoms with Gasteiger partial charge in [0.15, 0.2) is 0 Å². The Morgan fingerprint density at radius 3 is 2.06 bits per heavy atom. The first-order valence-corrected chi connectivity index (χ1v) is 9.69. The molecule has 0 aliphatic heterocycles. The second kappa shape index (κ2) is 7.51. The average molecular weight is 422 g/mol. The van der Waals surface area contributed by atoms with Crippen LogP contribution in [0.1, 0.15) is 0 Å². The van der Waals surface area contributed by atoms with Crippen LogP contribution in [-0.2, 0) is 0 Å². The molecule has 0 spiro atoms. The van der Waals surface area contributed by atoms with E-state index in [1.54, 1.807) is 30.5 Å². The van der Waals surface area contributed by atoms with Crippen molar-refractivity contribution >= 4 is 33.2 Å². The molecule has 2 aromatic heterocycles. The van der Waals surface area contributed by atoms with Crippen molar-refractivity contribution in [2.75, 3.05) is 0 Å². The number of pyridine rings is 2. The van der Waals surface area contributed by atoms with Crippen LogP contribution in [0.4, 0.5) is 11.4 Å². The Balaban J connectivity index is 1.86. The number of benzene rings is 3. The van der Waals surface area contributed by atoms with Crippen molar-refractivity contribution in [1.29, 1.82) is 0 Å². The normalized spacial score (nSPS) is 11.0. The lowest BCUT2D eigenvalue weighted by Gasteiger charge is -2.12. The van der Waals surface area contributed by atoms with Gasteiger partial charge in [0, 0.05) is 46.8 Å². The van der Waals surface area contributed by atoms with Gasteiger partial charge in [-0.15, -0.1) is 0 Å². The van der Waals surface area contributed by atoms with Crippen LogP contribution in [0.25, 0.3) is 44.2 Å². The molecule has 0 amide bonds. The Kier molecular flexibility index (Phi) is 4.52. The van der Waals surface area contributed by atoms with Crippen molar-refractivity contribution in [3.05, 3.63) is 105 Å². The van der Waals surface area contributed by atoms with Crippen molar-refractivity contribution in [2.24, 2.45) is 0 Å². The van der Waals surface area contributed by atoms with Crippen LogP contribution >= 0.6 is 0 Å². The topological polar surface area (TPSA) is 112 Å². The maximum Gasteiger partial charge on any atom is 0.270 e. The summed E-state index contributed by atoms with van der Waals surface area (Å²) >= 11 is 0. The quantitative estimate of drug-likeness (QED) is 0.201. The molecule has 0 aliphatic rings. The molecule has 8 heteroatoms. The maximum absolute atomic E-state index is 11.4. The minimum absolute atomic E-state index is 0.0253. The highest BCUT2D eigenvalue weighted by atomic mass is 16.6. The summed E-state index contributed by atoms with van der Waals surface area (Å²) < 4.78 is 0. The van der Waals surface area contributed by atoms with E-state index in [2.05, 4.69) is 4.98 Å². The molecular weight excluding hydrogens is 408 g/mol. The minimum Gasteiger partial charge on any atom is -0.258 e. The molecule has 8 nitrogen and oxygen atoms in total. The number of fused-ring (bicyclic) bond motifs is 3. The Morgan fingerprint density at radius 1 is 0.688 bits per heavy atom. The van der Waals surface area contributed by atoms with E-state index in [-0.39, 0.29) is 11.4 Å². The summed E-state index contributed by atoms with van der Waals surface area (Å²) in [5.74, 6) is 0. The lowest BCUT2D eigenvalue weighted by Crippen LogP contribution is -1.94. The number of non-ortho nitro benzene ring substituents is 2. The van der Waals surface area contributed by atoms with Gasteiger partial charge in [0.2, 0.25) is 0 Å². The number of aromatic nitrogens is 2. The van der Waals surface area contributed by atoms with E-state index >= 15 is 0 Å². The van der Waals surface area contributed by atoms with E-state index < -0.39 is 9.85 Å². The Labute approximate surface area is 181 Å². The predicted molar refractivity (Wildman–Crippen MR) is 121 cm³/mol. The molecule has 0 aliphatic carbocycles. The third-order valence-corrected chi connectivity index (χ3v) is 5.28. The van der Waals surface area contributed by atoms with Gasteiger partial charge in [0.1, 0.15) is 0 Å². The average Bonchev–Trinajstić information content (AvgIpc) is 2.83. The van der Waals surface area contributed by atoms with Gasteiger partial charge in [-0.05, 0) is 35.4 Å². The van der Waals surface area contributed by atoms with Crippen molar-refractivity contribution < 1.29 is 9.85 Å². The number of nitrogens with zero attached hydrogens (tertiary/aromatic N) is 4. The second-order valence-corrected chi connectivity index (χ2v) is 7.20. The molecular formula is C24H14N4O4. The van der Waals surface area contributed by atoms with Gasteiger partial charge in [0.25, 0.3) is 11.4 Å². The first-order valence-electron chi connectivity index (χ1n) is 9.69. The van der Waals surface area contributed by atoms with Crippen LogP contribution in [0.5, 0.6) is 0 Å². The summed E-state index contributed by atoms with van der Waals surface area (Å²) in [7, 11) is 0. The van der Waals surface area contributed by atoms with Gasteiger partial charge < -0.3 is 0 Å². The first kappa shape index (κ1) is 19.3. The zero-order chi connectivity index (χ0) is 22.2. The van der Waals surface area contributed by atoms with Crippen LogP contribution in [0, 0.1) is 20.2 Å².